The molecule has 0 unspecified atom stereocenters. The molecule has 0 amide bonds. The summed E-state index contributed by atoms with van der Waals surface area (Å²) in [5, 5.41) is 0. The predicted molar refractivity (Wildman–Crippen MR) is 95.8 cm³/mol. The van der Waals surface area contributed by atoms with Crippen LogP contribution in [0.2, 0.25) is 0 Å². The zero-order valence-electron chi connectivity index (χ0n) is 13.0. The maximum absolute atomic E-state index is 6.02. The normalized spacial score (nSPS) is 11.3. The van der Waals surface area contributed by atoms with E-state index in [9.17, 15) is 0 Å². The molecule has 0 saturated heterocycles. The Bertz CT molecular complexity index is 629. The summed E-state index contributed by atoms with van der Waals surface area (Å²) in [7, 11) is 0. The van der Waals surface area contributed by atoms with E-state index in [1.807, 2.05) is 54.6 Å². The summed E-state index contributed by atoms with van der Waals surface area (Å²) in [6.07, 6.45) is 10.3. The Morgan fingerprint density at radius 2 is 1.68 bits per heavy atom. The van der Waals surface area contributed by atoms with Gasteiger partial charge in [-0.3, -0.25) is 0 Å². The van der Waals surface area contributed by atoms with Crippen LogP contribution in [0.25, 0.3) is 12.2 Å². The molecule has 2 N–H and O–H groups in total. The van der Waals surface area contributed by atoms with Crippen LogP contribution in [0.1, 0.15) is 30.9 Å². The molecule has 0 heterocycles. The molecular weight excluding hydrogens is 270 g/mol. The van der Waals surface area contributed by atoms with Crippen LogP contribution >= 0.6 is 0 Å². The van der Waals surface area contributed by atoms with Crippen LogP contribution in [0.3, 0.4) is 0 Å². The van der Waals surface area contributed by atoms with E-state index in [-0.39, 0.29) is 0 Å². The lowest BCUT2D eigenvalue weighted by Crippen LogP contribution is -1.99. The Morgan fingerprint density at radius 1 is 0.955 bits per heavy atom. The van der Waals surface area contributed by atoms with Crippen molar-refractivity contribution in [2.45, 2.75) is 19.8 Å². The van der Waals surface area contributed by atoms with E-state index in [0.29, 0.717) is 5.69 Å². The first kappa shape index (κ1) is 15.9. The number of benzene rings is 2. The first-order valence-corrected chi connectivity index (χ1v) is 7.71. The predicted octanol–water partition coefficient (Wildman–Crippen LogP) is 5.17. The second-order valence-electron chi connectivity index (χ2n) is 5.13. The highest BCUT2D eigenvalue weighted by Crippen LogP contribution is 2.23. The van der Waals surface area contributed by atoms with Crippen LogP contribution in [-0.2, 0) is 0 Å². The van der Waals surface area contributed by atoms with E-state index < -0.39 is 0 Å². The molecule has 0 radical (unpaired) electrons. The number of nitrogen functional groups attached to an aromatic ring is 1. The summed E-state index contributed by atoms with van der Waals surface area (Å²) in [5.41, 5.74) is 8.96. The standard InChI is InChI=1S/C20H23NO/c1-2-3-15-22-20-14-13-18(16-19(20)21)12-8-7-11-17-9-5-4-6-10-17/h4-14,16H,2-3,15,21H2,1H3/b11-7+,12-8+. The van der Waals surface area contributed by atoms with Gasteiger partial charge in [0.1, 0.15) is 5.75 Å². The number of anilines is 1. The van der Waals surface area contributed by atoms with Crippen molar-refractivity contribution in [1.29, 1.82) is 0 Å². The van der Waals surface area contributed by atoms with Crippen molar-refractivity contribution in [3.8, 4) is 5.75 Å². The molecular formula is C20H23NO. The fourth-order valence-corrected chi connectivity index (χ4v) is 2.03. The Morgan fingerprint density at radius 3 is 2.36 bits per heavy atom. The SMILES string of the molecule is CCCCOc1ccc(/C=C/C=C/c2ccccc2)cc1N. The van der Waals surface area contributed by atoms with Crippen LogP contribution in [-0.4, -0.2) is 6.61 Å². The van der Waals surface area contributed by atoms with Crippen molar-refractivity contribution in [2.24, 2.45) is 0 Å². The van der Waals surface area contributed by atoms with Crippen LogP contribution in [0, 0.1) is 0 Å². The summed E-state index contributed by atoms with van der Waals surface area (Å²) >= 11 is 0. The number of unbranched alkanes of at least 4 members (excludes halogenated alkanes) is 1. The lowest BCUT2D eigenvalue weighted by molar-refractivity contribution is 0.311. The lowest BCUT2D eigenvalue weighted by Gasteiger charge is -2.08. The molecule has 0 saturated carbocycles. The molecule has 0 aliphatic carbocycles. The van der Waals surface area contributed by atoms with Gasteiger partial charge in [-0.05, 0) is 29.7 Å². The molecule has 0 bridgehead atoms. The number of rotatable bonds is 7. The largest absolute Gasteiger partial charge is 0.491 e. The zero-order chi connectivity index (χ0) is 15.6. The number of nitrogens with two attached hydrogens (primary N) is 1. The second kappa shape index (κ2) is 8.73. The van der Waals surface area contributed by atoms with Gasteiger partial charge >= 0.3 is 0 Å². The van der Waals surface area contributed by atoms with Crippen LogP contribution in [0.15, 0.2) is 60.7 Å². The first-order chi connectivity index (χ1) is 10.8. The fraction of sp³-hybridized carbons (Fsp3) is 0.200. The monoisotopic (exact) mass is 293 g/mol. The van der Waals surface area contributed by atoms with Gasteiger partial charge in [0.2, 0.25) is 0 Å². The molecule has 114 valence electrons. The molecule has 22 heavy (non-hydrogen) atoms. The minimum atomic E-state index is 0.685. The van der Waals surface area contributed by atoms with Crippen molar-refractivity contribution in [1.82, 2.24) is 0 Å². The Hall–Kier alpha value is -2.48. The summed E-state index contributed by atoms with van der Waals surface area (Å²) < 4.78 is 5.65. The first-order valence-electron chi connectivity index (χ1n) is 7.71. The van der Waals surface area contributed by atoms with Crippen molar-refractivity contribution in [3.05, 3.63) is 71.8 Å². The van der Waals surface area contributed by atoms with E-state index in [2.05, 4.69) is 25.1 Å². The molecule has 2 heteroatoms. The number of hydrogen-bond acceptors (Lipinski definition) is 2. The Balaban J connectivity index is 1.94. The minimum Gasteiger partial charge on any atom is -0.491 e. The van der Waals surface area contributed by atoms with Crippen LogP contribution in [0.4, 0.5) is 5.69 Å². The number of ether oxygens (including phenoxy) is 1. The minimum absolute atomic E-state index is 0.685. The lowest BCUT2D eigenvalue weighted by atomic mass is 10.1. The van der Waals surface area contributed by atoms with Gasteiger partial charge in [-0.25, -0.2) is 0 Å². The van der Waals surface area contributed by atoms with Gasteiger partial charge in [0.15, 0.2) is 0 Å². The van der Waals surface area contributed by atoms with Gasteiger partial charge in [0.05, 0.1) is 12.3 Å². The van der Waals surface area contributed by atoms with E-state index in [1.165, 1.54) is 5.56 Å². The van der Waals surface area contributed by atoms with Crippen molar-refractivity contribution in [2.75, 3.05) is 12.3 Å². The van der Waals surface area contributed by atoms with Gasteiger partial charge in [-0.2, -0.15) is 0 Å². The molecule has 0 atom stereocenters. The third-order valence-corrected chi connectivity index (χ3v) is 3.28. The number of allylic oxidation sites excluding steroid dienone is 2. The average Bonchev–Trinajstić information content (AvgIpc) is 2.55. The topological polar surface area (TPSA) is 35.2 Å². The summed E-state index contributed by atoms with van der Waals surface area (Å²) in [5.74, 6) is 0.769. The molecule has 0 aromatic heterocycles. The van der Waals surface area contributed by atoms with Gasteiger partial charge in [0.25, 0.3) is 0 Å². The molecule has 0 fully saturated rings. The van der Waals surface area contributed by atoms with Crippen LogP contribution < -0.4 is 10.5 Å². The summed E-state index contributed by atoms with van der Waals surface area (Å²) in [6, 6.07) is 16.1. The van der Waals surface area contributed by atoms with Crippen molar-refractivity contribution < 1.29 is 4.74 Å². The zero-order valence-corrected chi connectivity index (χ0v) is 13.0. The van der Waals surface area contributed by atoms with E-state index in [0.717, 1.165) is 30.8 Å². The van der Waals surface area contributed by atoms with E-state index >= 15 is 0 Å². The molecule has 2 rings (SSSR count). The second-order valence-corrected chi connectivity index (χ2v) is 5.13. The fourth-order valence-electron chi connectivity index (χ4n) is 2.03. The highest BCUT2D eigenvalue weighted by atomic mass is 16.5. The summed E-state index contributed by atoms with van der Waals surface area (Å²) in [4.78, 5) is 0. The molecule has 2 nitrogen and oxygen atoms in total. The highest BCUT2D eigenvalue weighted by molar-refractivity contribution is 5.63. The maximum atomic E-state index is 6.02. The highest BCUT2D eigenvalue weighted by Gasteiger charge is 2.00. The molecule has 2 aromatic rings. The third kappa shape index (κ3) is 5.13. The summed E-state index contributed by atoms with van der Waals surface area (Å²) in [6.45, 7) is 2.86. The quantitative estimate of drug-likeness (QED) is 0.434. The molecule has 0 aliphatic heterocycles. The van der Waals surface area contributed by atoms with Gasteiger partial charge in [-0.15, -0.1) is 0 Å². The van der Waals surface area contributed by atoms with Gasteiger partial charge in [0, 0.05) is 0 Å². The van der Waals surface area contributed by atoms with Crippen molar-refractivity contribution >= 4 is 17.8 Å². The smallest absolute Gasteiger partial charge is 0.142 e. The average molecular weight is 293 g/mol. The van der Waals surface area contributed by atoms with Crippen LogP contribution in [0.5, 0.6) is 5.75 Å². The number of hydrogen-bond donors (Lipinski definition) is 1. The Kier molecular flexibility index (Phi) is 6.31. The third-order valence-electron chi connectivity index (χ3n) is 3.28. The molecule has 0 spiro atoms. The molecule has 2 aromatic carbocycles. The van der Waals surface area contributed by atoms with Gasteiger partial charge in [-0.1, -0.05) is 74.0 Å². The Labute approximate surface area is 132 Å². The van der Waals surface area contributed by atoms with Crippen molar-refractivity contribution in [3.63, 3.8) is 0 Å². The van der Waals surface area contributed by atoms with E-state index in [1.54, 1.807) is 0 Å². The van der Waals surface area contributed by atoms with Gasteiger partial charge < -0.3 is 10.5 Å². The molecule has 0 aliphatic rings. The van der Waals surface area contributed by atoms with E-state index in [4.69, 9.17) is 10.5 Å². The maximum Gasteiger partial charge on any atom is 0.142 e.